The Morgan fingerprint density at radius 1 is 0.882 bits per heavy atom. The van der Waals surface area contributed by atoms with Crippen molar-refractivity contribution in [1.82, 2.24) is 10.2 Å². The highest BCUT2D eigenvalue weighted by Crippen LogP contribution is 2.21. The van der Waals surface area contributed by atoms with Crippen LogP contribution in [0.5, 0.6) is 0 Å². The number of nitrogens with zero attached hydrogens (tertiary/aromatic N) is 2. The van der Waals surface area contributed by atoms with Crippen molar-refractivity contribution in [2.75, 3.05) is 36.4 Å². The highest BCUT2D eigenvalue weighted by molar-refractivity contribution is 7.80. The van der Waals surface area contributed by atoms with Crippen molar-refractivity contribution in [3.63, 3.8) is 0 Å². The molecule has 0 saturated carbocycles. The molecule has 0 radical (unpaired) electrons. The van der Waals surface area contributed by atoms with Crippen LogP contribution in [-0.4, -0.2) is 48.0 Å². The zero-order chi connectivity index (χ0) is 24.1. The highest BCUT2D eigenvalue weighted by Gasteiger charge is 2.23. The predicted molar refractivity (Wildman–Crippen MR) is 136 cm³/mol. The third kappa shape index (κ3) is 5.58. The molecule has 1 fully saturated rings. The summed E-state index contributed by atoms with van der Waals surface area (Å²) in [4.78, 5) is 29.2. The van der Waals surface area contributed by atoms with Gasteiger partial charge in [-0.2, -0.15) is 0 Å². The zero-order valence-electron chi connectivity index (χ0n) is 18.8. The molecule has 4 rings (SSSR count). The van der Waals surface area contributed by atoms with Crippen LogP contribution in [-0.2, 0) is 0 Å². The number of hydrogen-bond acceptors (Lipinski definition) is 4. The van der Waals surface area contributed by atoms with Crippen LogP contribution < -0.4 is 15.5 Å². The van der Waals surface area contributed by atoms with Gasteiger partial charge in [-0.1, -0.05) is 18.2 Å². The molecule has 8 heteroatoms. The average Bonchev–Trinajstić information content (AvgIpc) is 2.85. The van der Waals surface area contributed by atoms with E-state index in [9.17, 15) is 14.0 Å². The Bertz CT molecular complexity index is 1190. The summed E-state index contributed by atoms with van der Waals surface area (Å²) in [5.41, 5.74) is 3.86. The monoisotopic (exact) mass is 476 g/mol. The first-order valence-electron chi connectivity index (χ1n) is 11.0. The van der Waals surface area contributed by atoms with Gasteiger partial charge >= 0.3 is 0 Å². The molecule has 0 aliphatic carbocycles. The van der Waals surface area contributed by atoms with Crippen molar-refractivity contribution in [1.29, 1.82) is 0 Å². The van der Waals surface area contributed by atoms with Gasteiger partial charge in [0.2, 0.25) is 0 Å². The first kappa shape index (κ1) is 23.4. The molecular weight excluding hydrogens is 451 g/mol. The molecule has 0 spiro atoms. The Labute approximate surface area is 203 Å². The number of aryl methyl sites for hydroxylation is 1. The van der Waals surface area contributed by atoms with Crippen molar-refractivity contribution in [2.45, 2.75) is 6.92 Å². The van der Waals surface area contributed by atoms with Crippen LogP contribution in [0.2, 0.25) is 0 Å². The summed E-state index contributed by atoms with van der Waals surface area (Å²) in [6, 6.07) is 20.6. The molecule has 174 valence electrons. The van der Waals surface area contributed by atoms with E-state index < -0.39 is 11.7 Å². The maximum Gasteiger partial charge on any atom is 0.257 e. The van der Waals surface area contributed by atoms with E-state index >= 15 is 0 Å². The fraction of sp³-hybridized carbons (Fsp3) is 0.192. The molecule has 1 aliphatic heterocycles. The summed E-state index contributed by atoms with van der Waals surface area (Å²) in [6.07, 6.45) is 0. The van der Waals surface area contributed by atoms with Crippen LogP contribution in [0.25, 0.3) is 0 Å². The number of thiocarbonyl (C=S) groups is 1. The number of hydrogen-bond donors (Lipinski definition) is 2. The van der Waals surface area contributed by atoms with Gasteiger partial charge in [0.05, 0.1) is 0 Å². The normalized spacial score (nSPS) is 13.4. The molecule has 1 heterocycles. The molecule has 6 nitrogen and oxygen atoms in total. The molecule has 0 bridgehead atoms. The molecular formula is C26H25FN4O2S. The van der Waals surface area contributed by atoms with Gasteiger partial charge in [0.15, 0.2) is 5.11 Å². The van der Waals surface area contributed by atoms with Crippen LogP contribution >= 0.6 is 12.2 Å². The highest BCUT2D eigenvalue weighted by atomic mass is 32.1. The summed E-state index contributed by atoms with van der Waals surface area (Å²) in [7, 11) is 0. The SMILES string of the molecule is Cc1ccccc1C(=O)N1CCN(c2ccc(NC(=S)NC(=O)c3ccc(F)cc3)cc2)CC1. The van der Waals surface area contributed by atoms with Crippen molar-refractivity contribution < 1.29 is 14.0 Å². The van der Waals surface area contributed by atoms with Gasteiger partial charge in [-0.05, 0) is 79.3 Å². The first-order chi connectivity index (χ1) is 16.4. The van der Waals surface area contributed by atoms with E-state index in [0.717, 1.165) is 35.6 Å². The standard InChI is InChI=1S/C26H25FN4O2S/c1-18-4-2-3-5-23(18)25(33)31-16-14-30(15-17-31)22-12-10-21(11-13-22)28-26(34)29-24(32)19-6-8-20(27)9-7-19/h2-13H,14-17H2,1H3,(H2,28,29,32,34). The Hall–Kier alpha value is -3.78. The molecule has 0 atom stereocenters. The number of nitrogens with one attached hydrogen (secondary N) is 2. The predicted octanol–water partition coefficient (Wildman–Crippen LogP) is 4.22. The number of rotatable bonds is 4. The molecule has 0 aromatic heterocycles. The van der Waals surface area contributed by atoms with Crippen LogP contribution in [0.3, 0.4) is 0 Å². The fourth-order valence-electron chi connectivity index (χ4n) is 3.85. The van der Waals surface area contributed by atoms with Crippen LogP contribution in [0.15, 0.2) is 72.8 Å². The van der Waals surface area contributed by atoms with Gasteiger partial charge in [0.25, 0.3) is 11.8 Å². The molecule has 2 amide bonds. The minimum atomic E-state index is -0.410. The smallest absolute Gasteiger partial charge is 0.257 e. The molecule has 3 aromatic rings. The largest absolute Gasteiger partial charge is 0.368 e. The number of carbonyl (C=O) groups excluding carboxylic acids is 2. The van der Waals surface area contributed by atoms with Crippen molar-refractivity contribution >= 4 is 40.5 Å². The van der Waals surface area contributed by atoms with E-state index in [1.807, 2.05) is 60.4 Å². The lowest BCUT2D eigenvalue weighted by atomic mass is 10.1. The summed E-state index contributed by atoms with van der Waals surface area (Å²) < 4.78 is 13.0. The number of amides is 2. The maximum absolute atomic E-state index is 13.0. The van der Waals surface area contributed by atoms with Crippen LogP contribution in [0, 0.1) is 12.7 Å². The van der Waals surface area contributed by atoms with Gasteiger partial charge < -0.3 is 15.1 Å². The van der Waals surface area contributed by atoms with E-state index in [1.54, 1.807) is 0 Å². The van der Waals surface area contributed by atoms with Crippen molar-refractivity contribution in [3.8, 4) is 0 Å². The van der Waals surface area contributed by atoms with E-state index in [4.69, 9.17) is 12.2 Å². The van der Waals surface area contributed by atoms with E-state index in [1.165, 1.54) is 24.3 Å². The van der Waals surface area contributed by atoms with Crippen LogP contribution in [0.4, 0.5) is 15.8 Å². The third-order valence-electron chi connectivity index (χ3n) is 5.77. The quantitative estimate of drug-likeness (QED) is 0.552. The second-order valence-corrected chi connectivity index (χ2v) is 8.46. The summed E-state index contributed by atoms with van der Waals surface area (Å²) >= 11 is 5.22. The molecule has 3 aromatic carbocycles. The van der Waals surface area contributed by atoms with Crippen molar-refractivity contribution in [2.24, 2.45) is 0 Å². The first-order valence-corrected chi connectivity index (χ1v) is 11.4. The second-order valence-electron chi connectivity index (χ2n) is 8.06. The molecule has 34 heavy (non-hydrogen) atoms. The summed E-state index contributed by atoms with van der Waals surface area (Å²) in [6.45, 7) is 4.77. The zero-order valence-corrected chi connectivity index (χ0v) is 19.6. The summed E-state index contributed by atoms with van der Waals surface area (Å²) in [5, 5.41) is 5.73. The Kier molecular flexibility index (Phi) is 7.18. The number of piperazine rings is 1. The second kappa shape index (κ2) is 10.4. The van der Waals surface area contributed by atoms with Crippen molar-refractivity contribution in [3.05, 3.63) is 95.3 Å². The van der Waals surface area contributed by atoms with Gasteiger partial charge in [-0.3, -0.25) is 14.9 Å². The van der Waals surface area contributed by atoms with E-state index in [0.29, 0.717) is 18.7 Å². The Morgan fingerprint density at radius 3 is 2.18 bits per heavy atom. The lowest BCUT2D eigenvalue weighted by Crippen LogP contribution is -2.48. The Balaban J connectivity index is 1.29. The molecule has 2 N–H and O–H groups in total. The molecule has 1 aliphatic rings. The lowest BCUT2D eigenvalue weighted by Gasteiger charge is -2.36. The number of halogens is 1. The maximum atomic E-state index is 13.0. The van der Waals surface area contributed by atoms with Gasteiger partial charge in [-0.25, -0.2) is 4.39 Å². The minimum Gasteiger partial charge on any atom is -0.368 e. The fourth-order valence-corrected chi connectivity index (χ4v) is 4.06. The van der Waals surface area contributed by atoms with Crippen LogP contribution in [0.1, 0.15) is 26.3 Å². The number of anilines is 2. The molecule has 1 saturated heterocycles. The Morgan fingerprint density at radius 2 is 1.53 bits per heavy atom. The molecule has 0 unspecified atom stereocenters. The number of benzene rings is 3. The van der Waals surface area contributed by atoms with Gasteiger partial charge in [0, 0.05) is 48.7 Å². The minimum absolute atomic E-state index is 0.0773. The lowest BCUT2D eigenvalue weighted by molar-refractivity contribution is 0.0746. The van der Waals surface area contributed by atoms with E-state index in [-0.39, 0.29) is 11.0 Å². The van der Waals surface area contributed by atoms with Gasteiger partial charge in [0.1, 0.15) is 5.82 Å². The topological polar surface area (TPSA) is 64.7 Å². The van der Waals surface area contributed by atoms with Gasteiger partial charge in [-0.15, -0.1) is 0 Å². The third-order valence-corrected chi connectivity index (χ3v) is 5.97. The number of carbonyl (C=O) groups is 2. The summed E-state index contributed by atoms with van der Waals surface area (Å²) in [5.74, 6) is -0.739. The average molecular weight is 477 g/mol. The van der Waals surface area contributed by atoms with E-state index in [2.05, 4.69) is 15.5 Å².